The quantitative estimate of drug-likeness (QED) is 0.567. The van der Waals surface area contributed by atoms with Crippen molar-refractivity contribution in [2.75, 3.05) is 87.7 Å². The van der Waals surface area contributed by atoms with E-state index in [4.69, 9.17) is 0 Å². The van der Waals surface area contributed by atoms with E-state index in [0.29, 0.717) is 0 Å². The second-order valence-corrected chi connectivity index (χ2v) is 14.1. The van der Waals surface area contributed by atoms with Crippen LogP contribution in [0.5, 0.6) is 0 Å². The van der Waals surface area contributed by atoms with Crippen molar-refractivity contribution < 1.29 is 0 Å². The molecule has 0 saturated heterocycles. The molecular weight excluding hydrogens is 305 g/mol. The normalized spacial score (nSPS) is 13.2. The largest absolute Gasteiger partial charge is 0.276 e. The van der Waals surface area contributed by atoms with E-state index in [-0.39, 0.29) is 24.4 Å². The van der Waals surface area contributed by atoms with Gasteiger partial charge in [0, 0.05) is 16.4 Å². The molecule has 0 aliphatic heterocycles. The van der Waals surface area contributed by atoms with Crippen LogP contribution in [0.3, 0.4) is 0 Å². The summed E-state index contributed by atoms with van der Waals surface area (Å²) in [7, 11) is 17.7. The van der Waals surface area contributed by atoms with Crippen molar-refractivity contribution in [3.63, 3.8) is 0 Å². The first kappa shape index (κ1) is 21.1. The lowest BCUT2D eigenvalue weighted by atomic mass is 10.9. The van der Waals surface area contributed by atoms with Gasteiger partial charge in [0.25, 0.3) is 0 Å². The molecule has 0 aliphatic rings. The molecule has 0 bridgehead atoms. The lowest BCUT2D eigenvalue weighted by Gasteiger charge is -2.32. The highest BCUT2D eigenvalue weighted by molar-refractivity contribution is 7.61. The molecule has 7 heteroatoms. The average molecular weight is 340 g/mol. The molecule has 122 valence electrons. The molecule has 0 saturated carbocycles. The fraction of sp³-hybridized carbons (Fsp3) is 1.00. The van der Waals surface area contributed by atoms with Crippen molar-refractivity contribution in [3.05, 3.63) is 0 Å². The van der Waals surface area contributed by atoms with E-state index in [9.17, 15) is 0 Å². The molecule has 0 fully saturated rings. The first-order chi connectivity index (χ1) is 9.16. The maximum atomic E-state index is 2.48. The fourth-order valence-electron chi connectivity index (χ4n) is 2.15. The van der Waals surface area contributed by atoms with E-state index in [1.165, 1.54) is 24.6 Å². The van der Waals surface area contributed by atoms with Crippen LogP contribution < -0.4 is 0 Å². The van der Waals surface area contributed by atoms with Crippen molar-refractivity contribution in [1.29, 1.82) is 0 Å². The Bertz CT molecular complexity index is 210. The van der Waals surface area contributed by atoms with Gasteiger partial charge >= 0.3 is 0 Å². The predicted molar refractivity (Wildman–Crippen MR) is 101 cm³/mol. The second-order valence-electron chi connectivity index (χ2n) is 5.88. The zero-order valence-electron chi connectivity index (χ0n) is 15.0. The molecule has 0 aromatic heterocycles. The molecule has 4 nitrogen and oxygen atoms in total. The maximum Gasteiger partial charge on any atom is 0.0387 e. The smallest absolute Gasteiger partial charge is 0.0387 e. The van der Waals surface area contributed by atoms with Gasteiger partial charge in [0.2, 0.25) is 0 Å². The maximum absolute atomic E-state index is 2.48. The first-order valence-corrected chi connectivity index (χ1v) is 12.1. The molecule has 0 heterocycles. The monoisotopic (exact) mass is 340 g/mol. The van der Waals surface area contributed by atoms with Crippen molar-refractivity contribution in [3.8, 4) is 0 Å². The third-order valence-corrected chi connectivity index (χ3v) is 10.8. The minimum absolute atomic E-state index is 0.0948. The van der Waals surface area contributed by atoms with Crippen LogP contribution in [0.2, 0.25) is 0 Å². The Labute approximate surface area is 131 Å². The van der Waals surface area contributed by atoms with Gasteiger partial charge in [-0.3, -0.25) is 18.7 Å². The third kappa shape index (κ3) is 8.54. The number of rotatable bonds is 10. The second kappa shape index (κ2) is 10.8. The summed E-state index contributed by atoms with van der Waals surface area (Å²) in [4.78, 5) is 0. The molecule has 0 aromatic rings. The topological polar surface area (TPSA) is 13.0 Å². The van der Waals surface area contributed by atoms with Gasteiger partial charge in [0.15, 0.2) is 0 Å². The van der Waals surface area contributed by atoms with Gasteiger partial charge in [-0.1, -0.05) is 0 Å². The minimum Gasteiger partial charge on any atom is -0.276 e. The molecule has 0 unspecified atom stereocenters. The molecule has 0 atom stereocenters. The number of hydrogen-bond donors (Lipinski definition) is 0. The van der Waals surface area contributed by atoms with Crippen molar-refractivity contribution >= 4 is 24.4 Å². The third-order valence-electron chi connectivity index (χ3n) is 3.21. The molecule has 20 heavy (non-hydrogen) atoms. The number of hydrogen-bond acceptors (Lipinski definition) is 4. The van der Waals surface area contributed by atoms with E-state index in [0.717, 1.165) is 0 Å². The van der Waals surface area contributed by atoms with Gasteiger partial charge in [0.05, 0.1) is 0 Å². The predicted octanol–water partition coefficient (Wildman–Crippen LogP) is 2.97. The summed E-state index contributed by atoms with van der Waals surface area (Å²) in [6.45, 7) is 2.48. The molecule has 0 aliphatic carbocycles. The Kier molecular flexibility index (Phi) is 11.4. The lowest BCUT2D eigenvalue weighted by molar-refractivity contribution is 0.574. The van der Waals surface area contributed by atoms with Gasteiger partial charge in [-0.25, -0.2) is 0 Å². The Morgan fingerprint density at radius 1 is 0.500 bits per heavy atom. The van der Waals surface area contributed by atoms with Crippen LogP contribution in [0.25, 0.3) is 0 Å². The Morgan fingerprint density at radius 2 is 0.750 bits per heavy atom. The summed E-state index contributed by atoms with van der Waals surface area (Å²) in [5.74, 6) is 0. The SMILES string of the molecule is CN(C)P(CCP(C)CCP(N(C)C)N(C)C)N(C)C. The minimum atomic E-state index is -0.0948. The van der Waals surface area contributed by atoms with Crippen molar-refractivity contribution in [2.45, 2.75) is 0 Å². The highest BCUT2D eigenvalue weighted by Crippen LogP contribution is 2.46. The van der Waals surface area contributed by atoms with Crippen LogP contribution in [0, 0.1) is 0 Å². The summed E-state index contributed by atoms with van der Waals surface area (Å²) in [6, 6.07) is 0. The summed E-state index contributed by atoms with van der Waals surface area (Å²) >= 11 is 0. The lowest BCUT2D eigenvalue weighted by Crippen LogP contribution is -2.21. The summed E-state index contributed by atoms with van der Waals surface area (Å²) < 4.78 is 9.58. The van der Waals surface area contributed by atoms with Crippen LogP contribution in [0.4, 0.5) is 0 Å². The van der Waals surface area contributed by atoms with Crippen LogP contribution in [0.15, 0.2) is 0 Å². The molecule has 0 aromatic carbocycles. The summed E-state index contributed by atoms with van der Waals surface area (Å²) in [5.41, 5.74) is 0. The number of nitrogens with zero attached hydrogens (tertiary/aromatic N) is 4. The van der Waals surface area contributed by atoms with Crippen molar-refractivity contribution in [1.82, 2.24) is 18.7 Å². The zero-order valence-corrected chi connectivity index (χ0v) is 17.6. The Morgan fingerprint density at radius 3 is 0.950 bits per heavy atom. The molecule has 0 rings (SSSR count). The highest BCUT2D eigenvalue weighted by Gasteiger charge is 2.18. The van der Waals surface area contributed by atoms with E-state index in [1.54, 1.807) is 0 Å². The zero-order chi connectivity index (χ0) is 15.9. The van der Waals surface area contributed by atoms with Gasteiger partial charge < -0.3 is 0 Å². The Balaban J connectivity index is 4.13. The van der Waals surface area contributed by atoms with E-state index >= 15 is 0 Å². The first-order valence-electron chi connectivity index (χ1n) is 7.09. The van der Waals surface area contributed by atoms with Gasteiger partial charge in [-0.2, -0.15) is 0 Å². The highest BCUT2D eigenvalue weighted by atomic mass is 31.1. The Hall–Kier alpha value is 1.13. The summed E-state index contributed by atoms with van der Waals surface area (Å²) in [5, 5.41) is 0. The fourth-order valence-corrected chi connectivity index (χ4v) is 9.56. The van der Waals surface area contributed by atoms with Crippen LogP contribution in [-0.2, 0) is 0 Å². The van der Waals surface area contributed by atoms with Crippen molar-refractivity contribution in [2.24, 2.45) is 0 Å². The van der Waals surface area contributed by atoms with Crippen LogP contribution >= 0.6 is 24.4 Å². The molecule has 0 radical (unpaired) electrons. The van der Waals surface area contributed by atoms with Gasteiger partial charge in [0.1, 0.15) is 0 Å². The molecular formula is C13H35N4P3. The van der Waals surface area contributed by atoms with E-state index < -0.39 is 0 Å². The molecule has 0 spiro atoms. The van der Waals surface area contributed by atoms with Crippen LogP contribution in [-0.4, -0.2) is 106 Å². The average Bonchev–Trinajstić information content (AvgIpc) is 2.27. The molecule has 0 amide bonds. The van der Waals surface area contributed by atoms with Gasteiger partial charge in [-0.05, 0) is 87.7 Å². The standard InChI is InChI=1S/C13H35N4P3/c1-14(2)19(15(3)4)12-10-18(9)11-13-20(16(5)6)17(7)8/h10-13H2,1-9H3. The van der Waals surface area contributed by atoms with E-state index in [2.05, 4.69) is 81.7 Å². The van der Waals surface area contributed by atoms with Crippen LogP contribution in [0.1, 0.15) is 0 Å². The van der Waals surface area contributed by atoms with E-state index in [1.807, 2.05) is 0 Å². The molecule has 0 N–H and O–H groups in total. The summed E-state index contributed by atoms with van der Waals surface area (Å²) in [6.07, 6.45) is 5.50. The van der Waals surface area contributed by atoms with Gasteiger partial charge in [-0.15, -0.1) is 7.92 Å².